The molecule has 1 fully saturated rings. The number of nitrogens with one attached hydrogen (secondary N) is 1. The Morgan fingerprint density at radius 3 is 2.64 bits per heavy atom. The molecule has 25 heavy (non-hydrogen) atoms. The highest BCUT2D eigenvalue weighted by Crippen LogP contribution is 2.33. The number of nitrogens with zero attached hydrogens (tertiary/aromatic N) is 4. The van der Waals surface area contributed by atoms with Gasteiger partial charge in [0.1, 0.15) is 5.82 Å². The van der Waals surface area contributed by atoms with Gasteiger partial charge in [0.05, 0.1) is 24.7 Å². The summed E-state index contributed by atoms with van der Waals surface area (Å²) in [5.41, 5.74) is 1.67. The molecule has 0 amide bonds. The van der Waals surface area contributed by atoms with E-state index in [0.717, 1.165) is 35.1 Å². The Hall–Kier alpha value is -3.09. The standard InChI is InChI=1S/C18H17N5O2/c1-25-18(24)12-8-13(9-12)21-17-14-4-7-20-10-15(14)22-16(23-17)11-2-5-19-6-3-11/h2-7,10,12-13H,8-9H2,1H3,(H,21,22,23)/t12-,13+. The highest BCUT2D eigenvalue weighted by molar-refractivity contribution is 5.90. The predicted molar refractivity (Wildman–Crippen MR) is 92.7 cm³/mol. The lowest BCUT2D eigenvalue weighted by Crippen LogP contribution is -2.40. The number of hydrogen-bond donors (Lipinski definition) is 1. The summed E-state index contributed by atoms with van der Waals surface area (Å²) in [7, 11) is 1.43. The normalized spacial score (nSPS) is 19.2. The molecule has 0 aromatic carbocycles. The van der Waals surface area contributed by atoms with E-state index >= 15 is 0 Å². The maximum absolute atomic E-state index is 11.6. The summed E-state index contributed by atoms with van der Waals surface area (Å²) in [6.45, 7) is 0. The van der Waals surface area contributed by atoms with E-state index in [1.165, 1.54) is 7.11 Å². The van der Waals surface area contributed by atoms with Crippen LogP contribution < -0.4 is 5.32 Å². The summed E-state index contributed by atoms with van der Waals surface area (Å²) >= 11 is 0. The first-order valence-corrected chi connectivity index (χ1v) is 8.11. The molecular formula is C18H17N5O2. The van der Waals surface area contributed by atoms with Gasteiger partial charge in [0.15, 0.2) is 5.82 Å². The van der Waals surface area contributed by atoms with Gasteiger partial charge in [-0.15, -0.1) is 0 Å². The van der Waals surface area contributed by atoms with Gasteiger partial charge in [0.25, 0.3) is 0 Å². The van der Waals surface area contributed by atoms with Crippen molar-refractivity contribution in [3.05, 3.63) is 43.0 Å². The lowest BCUT2D eigenvalue weighted by atomic mass is 9.80. The van der Waals surface area contributed by atoms with Crippen molar-refractivity contribution in [3.63, 3.8) is 0 Å². The van der Waals surface area contributed by atoms with E-state index in [1.807, 2.05) is 18.2 Å². The molecule has 7 heteroatoms. The first kappa shape index (κ1) is 15.4. The second-order valence-electron chi connectivity index (χ2n) is 6.06. The molecule has 1 N–H and O–H groups in total. The van der Waals surface area contributed by atoms with Crippen LogP contribution in [0.15, 0.2) is 43.0 Å². The van der Waals surface area contributed by atoms with Crippen molar-refractivity contribution in [1.82, 2.24) is 19.9 Å². The van der Waals surface area contributed by atoms with Gasteiger partial charge in [0, 0.05) is 35.6 Å². The molecule has 4 rings (SSSR count). The topological polar surface area (TPSA) is 89.9 Å². The number of ether oxygens (including phenoxy) is 1. The third-order valence-electron chi connectivity index (χ3n) is 4.45. The Bertz CT molecular complexity index is 910. The monoisotopic (exact) mass is 335 g/mol. The molecule has 3 heterocycles. The molecule has 1 aliphatic carbocycles. The van der Waals surface area contributed by atoms with Crippen LogP contribution in [0.2, 0.25) is 0 Å². The molecule has 1 aliphatic rings. The number of hydrogen-bond acceptors (Lipinski definition) is 7. The molecule has 3 aromatic rings. The minimum absolute atomic E-state index is 0.0306. The van der Waals surface area contributed by atoms with Crippen LogP contribution in [0.4, 0.5) is 5.82 Å². The maximum atomic E-state index is 11.6. The number of carbonyl (C=O) groups is 1. The Morgan fingerprint density at radius 2 is 1.88 bits per heavy atom. The zero-order valence-corrected chi connectivity index (χ0v) is 13.7. The van der Waals surface area contributed by atoms with Crippen LogP contribution >= 0.6 is 0 Å². The van der Waals surface area contributed by atoms with E-state index in [9.17, 15) is 4.79 Å². The molecule has 0 atom stereocenters. The van der Waals surface area contributed by atoms with Crippen molar-refractivity contribution in [3.8, 4) is 11.4 Å². The number of methoxy groups -OCH3 is 1. The molecule has 126 valence electrons. The third kappa shape index (κ3) is 3.00. The van der Waals surface area contributed by atoms with E-state index in [4.69, 9.17) is 4.74 Å². The van der Waals surface area contributed by atoms with Gasteiger partial charge in [0.2, 0.25) is 0 Å². The fourth-order valence-corrected chi connectivity index (χ4v) is 3.01. The average Bonchev–Trinajstić information content (AvgIpc) is 2.64. The van der Waals surface area contributed by atoms with Crippen molar-refractivity contribution in [2.24, 2.45) is 5.92 Å². The van der Waals surface area contributed by atoms with Crippen LogP contribution in [0, 0.1) is 5.92 Å². The summed E-state index contributed by atoms with van der Waals surface area (Å²) in [6, 6.07) is 5.83. The highest BCUT2D eigenvalue weighted by atomic mass is 16.5. The summed E-state index contributed by atoms with van der Waals surface area (Å²) in [5, 5.41) is 4.35. The van der Waals surface area contributed by atoms with Crippen LogP contribution in [-0.4, -0.2) is 39.1 Å². The molecule has 0 unspecified atom stereocenters. The van der Waals surface area contributed by atoms with E-state index in [1.54, 1.807) is 24.8 Å². The van der Waals surface area contributed by atoms with Crippen molar-refractivity contribution < 1.29 is 9.53 Å². The fourth-order valence-electron chi connectivity index (χ4n) is 3.01. The van der Waals surface area contributed by atoms with Crippen LogP contribution in [0.3, 0.4) is 0 Å². The largest absolute Gasteiger partial charge is 0.469 e. The van der Waals surface area contributed by atoms with Gasteiger partial charge >= 0.3 is 5.97 Å². The van der Waals surface area contributed by atoms with Crippen molar-refractivity contribution in [2.75, 3.05) is 12.4 Å². The van der Waals surface area contributed by atoms with E-state index in [0.29, 0.717) is 5.82 Å². The number of rotatable bonds is 4. The molecule has 0 bridgehead atoms. The molecule has 0 spiro atoms. The molecule has 0 saturated heterocycles. The Balaban J connectivity index is 1.65. The molecule has 0 radical (unpaired) electrons. The van der Waals surface area contributed by atoms with Crippen molar-refractivity contribution in [2.45, 2.75) is 18.9 Å². The highest BCUT2D eigenvalue weighted by Gasteiger charge is 2.35. The van der Waals surface area contributed by atoms with E-state index in [-0.39, 0.29) is 17.9 Å². The Kier molecular flexibility index (Phi) is 3.97. The minimum atomic E-state index is -0.146. The predicted octanol–water partition coefficient (Wildman–Crippen LogP) is 2.45. The number of carbonyl (C=O) groups excluding carboxylic acids is 1. The molecule has 1 saturated carbocycles. The first-order chi connectivity index (χ1) is 12.2. The quantitative estimate of drug-likeness (QED) is 0.732. The fraction of sp³-hybridized carbons (Fsp3) is 0.278. The van der Waals surface area contributed by atoms with Gasteiger partial charge in [-0.1, -0.05) is 0 Å². The molecule has 0 aliphatic heterocycles. The Morgan fingerprint density at radius 1 is 1.12 bits per heavy atom. The average molecular weight is 335 g/mol. The second kappa shape index (κ2) is 6.43. The number of anilines is 1. The van der Waals surface area contributed by atoms with Crippen molar-refractivity contribution >= 4 is 22.7 Å². The first-order valence-electron chi connectivity index (χ1n) is 8.11. The summed E-state index contributed by atoms with van der Waals surface area (Å²) in [4.78, 5) is 29.0. The van der Waals surface area contributed by atoms with Crippen LogP contribution in [0.1, 0.15) is 12.8 Å². The lowest BCUT2D eigenvalue weighted by Gasteiger charge is -2.34. The molecular weight excluding hydrogens is 318 g/mol. The van der Waals surface area contributed by atoms with Gasteiger partial charge in [-0.3, -0.25) is 14.8 Å². The van der Waals surface area contributed by atoms with Crippen LogP contribution in [0.25, 0.3) is 22.3 Å². The zero-order valence-electron chi connectivity index (χ0n) is 13.7. The zero-order chi connectivity index (χ0) is 17.2. The Labute approximate surface area is 144 Å². The minimum Gasteiger partial charge on any atom is -0.469 e. The lowest BCUT2D eigenvalue weighted by molar-refractivity contribution is -0.148. The summed E-state index contributed by atoms with van der Waals surface area (Å²) in [6.07, 6.45) is 8.37. The maximum Gasteiger partial charge on any atom is 0.308 e. The van der Waals surface area contributed by atoms with E-state index < -0.39 is 0 Å². The summed E-state index contributed by atoms with van der Waals surface area (Å²) in [5.74, 6) is 1.20. The number of pyridine rings is 2. The van der Waals surface area contributed by atoms with Crippen LogP contribution in [-0.2, 0) is 9.53 Å². The van der Waals surface area contributed by atoms with Crippen molar-refractivity contribution in [1.29, 1.82) is 0 Å². The number of aromatic nitrogens is 4. The third-order valence-corrected chi connectivity index (χ3v) is 4.45. The van der Waals surface area contributed by atoms with Crippen LogP contribution in [0.5, 0.6) is 0 Å². The van der Waals surface area contributed by atoms with Gasteiger partial charge in [-0.25, -0.2) is 9.97 Å². The molecule has 7 nitrogen and oxygen atoms in total. The SMILES string of the molecule is COC(=O)[C@H]1C[C@@H](Nc2nc(-c3ccncc3)nc3cnccc23)C1. The smallest absolute Gasteiger partial charge is 0.308 e. The van der Waals surface area contributed by atoms with Gasteiger partial charge in [-0.2, -0.15) is 0 Å². The number of fused-ring (bicyclic) bond motifs is 1. The second-order valence-corrected chi connectivity index (χ2v) is 6.06. The number of esters is 1. The summed E-state index contributed by atoms with van der Waals surface area (Å²) < 4.78 is 4.79. The van der Waals surface area contributed by atoms with Gasteiger partial charge < -0.3 is 10.1 Å². The van der Waals surface area contributed by atoms with E-state index in [2.05, 4.69) is 25.3 Å². The van der Waals surface area contributed by atoms with Gasteiger partial charge in [-0.05, 0) is 31.0 Å². The molecule has 3 aromatic heterocycles.